The zero-order valence-corrected chi connectivity index (χ0v) is 15.3. The maximum atomic E-state index is 12.4. The minimum atomic E-state index is 0.00288. The number of hydrogen-bond donors (Lipinski definition) is 1. The van der Waals surface area contributed by atoms with Crippen molar-refractivity contribution in [1.82, 2.24) is 9.88 Å². The molecule has 0 unspecified atom stereocenters. The lowest BCUT2D eigenvalue weighted by Gasteiger charge is -2.29. The summed E-state index contributed by atoms with van der Waals surface area (Å²) in [5, 5.41) is 3.06. The lowest BCUT2D eigenvalue weighted by atomic mass is 9.99. The van der Waals surface area contributed by atoms with Crippen molar-refractivity contribution in [2.24, 2.45) is 0 Å². The number of nitrogens with one attached hydrogen (secondary N) is 1. The van der Waals surface area contributed by atoms with E-state index in [2.05, 4.69) is 39.5 Å². The van der Waals surface area contributed by atoms with Crippen molar-refractivity contribution >= 4 is 11.6 Å². The molecule has 4 rings (SSSR count). The Bertz CT molecular complexity index is 909. The molecule has 4 nitrogen and oxygen atoms in total. The molecule has 2 heterocycles. The normalized spacial score (nSPS) is 13.8. The molecule has 0 saturated heterocycles. The van der Waals surface area contributed by atoms with Gasteiger partial charge in [-0.15, -0.1) is 0 Å². The summed E-state index contributed by atoms with van der Waals surface area (Å²) in [7, 11) is 0. The molecule has 0 fully saturated rings. The Morgan fingerprint density at radius 3 is 2.41 bits per heavy atom. The first-order valence-corrected chi connectivity index (χ1v) is 9.34. The van der Waals surface area contributed by atoms with E-state index < -0.39 is 0 Å². The summed E-state index contributed by atoms with van der Waals surface area (Å²) in [6.45, 7) is 2.78. The van der Waals surface area contributed by atoms with Crippen LogP contribution in [0.2, 0.25) is 0 Å². The van der Waals surface area contributed by atoms with Crippen LogP contribution in [0.25, 0.3) is 0 Å². The molecule has 136 valence electrons. The van der Waals surface area contributed by atoms with E-state index in [1.165, 1.54) is 16.7 Å². The van der Waals surface area contributed by atoms with Gasteiger partial charge in [0.1, 0.15) is 0 Å². The van der Waals surface area contributed by atoms with Gasteiger partial charge in [0.05, 0.1) is 18.3 Å². The third kappa shape index (κ3) is 4.41. The number of aromatic nitrogens is 1. The van der Waals surface area contributed by atoms with Gasteiger partial charge in [0.25, 0.3) is 0 Å². The number of anilines is 1. The zero-order valence-electron chi connectivity index (χ0n) is 15.3. The maximum Gasteiger partial charge on any atom is 0.228 e. The second-order valence-corrected chi connectivity index (χ2v) is 6.98. The van der Waals surface area contributed by atoms with E-state index >= 15 is 0 Å². The predicted octanol–water partition coefficient (Wildman–Crippen LogP) is 3.82. The number of hydrogen-bond acceptors (Lipinski definition) is 3. The van der Waals surface area contributed by atoms with Crippen molar-refractivity contribution in [3.8, 4) is 0 Å². The Kier molecular flexibility index (Phi) is 5.26. The Hall–Kier alpha value is -2.98. The number of carbonyl (C=O) groups is 1. The smallest absolute Gasteiger partial charge is 0.228 e. The van der Waals surface area contributed by atoms with Crippen LogP contribution in [0.1, 0.15) is 22.3 Å². The second-order valence-electron chi connectivity index (χ2n) is 6.98. The van der Waals surface area contributed by atoms with Gasteiger partial charge in [-0.3, -0.25) is 14.7 Å². The lowest BCUT2D eigenvalue weighted by Crippen LogP contribution is -2.31. The highest BCUT2D eigenvalue weighted by Crippen LogP contribution is 2.26. The molecule has 0 radical (unpaired) electrons. The molecule has 1 aromatic heterocycles. The van der Waals surface area contributed by atoms with E-state index in [-0.39, 0.29) is 5.91 Å². The molecule has 0 atom stereocenters. The molecule has 4 heteroatoms. The first-order valence-electron chi connectivity index (χ1n) is 9.34. The van der Waals surface area contributed by atoms with E-state index in [0.29, 0.717) is 6.42 Å². The van der Waals surface area contributed by atoms with E-state index in [0.717, 1.165) is 37.3 Å². The van der Waals surface area contributed by atoms with Gasteiger partial charge in [0, 0.05) is 25.8 Å². The predicted molar refractivity (Wildman–Crippen MR) is 107 cm³/mol. The zero-order chi connectivity index (χ0) is 18.5. The molecule has 0 saturated carbocycles. The Morgan fingerprint density at radius 2 is 1.67 bits per heavy atom. The first-order chi connectivity index (χ1) is 13.3. The van der Waals surface area contributed by atoms with Crippen molar-refractivity contribution in [1.29, 1.82) is 0 Å². The van der Waals surface area contributed by atoms with Crippen molar-refractivity contribution < 1.29 is 4.79 Å². The van der Waals surface area contributed by atoms with Crippen molar-refractivity contribution in [3.63, 3.8) is 0 Å². The highest BCUT2D eigenvalue weighted by Gasteiger charge is 2.20. The molecule has 2 aromatic carbocycles. The van der Waals surface area contributed by atoms with E-state index in [1.54, 1.807) is 6.20 Å². The van der Waals surface area contributed by atoms with Crippen LogP contribution in [-0.4, -0.2) is 22.3 Å². The molecule has 1 amide bonds. The molecule has 0 spiro atoms. The topological polar surface area (TPSA) is 45.2 Å². The van der Waals surface area contributed by atoms with Crippen LogP contribution in [0, 0.1) is 0 Å². The van der Waals surface area contributed by atoms with Crippen LogP contribution >= 0.6 is 0 Å². The van der Waals surface area contributed by atoms with Gasteiger partial charge in [-0.1, -0.05) is 60.7 Å². The van der Waals surface area contributed by atoms with E-state index in [9.17, 15) is 4.79 Å². The highest BCUT2D eigenvalue weighted by atomic mass is 16.1. The van der Waals surface area contributed by atoms with Crippen LogP contribution < -0.4 is 5.32 Å². The van der Waals surface area contributed by atoms with Crippen molar-refractivity contribution in [3.05, 3.63) is 95.3 Å². The number of rotatable bonds is 5. The standard InChI is InChI=1S/C23H23N3O/c27-23(13-18-7-3-1-4-8-18)25-22-15-24-14-20-17-26(12-11-21(20)22)16-19-9-5-2-6-10-19/h1-10,14-15H,11-13,16-17H2,(H,25,27). The molecular formula is C23H23N3O. The molecular weight excluding hydrogens is 334 g/mol. The summed E-state index contributed by atoms with van der Waals surface area (Å²) in [6.07, 6.45) is 5.00. The summed E-state index contributed by atoms with van der Waals surface area (Å²) in [6, 6.07) is 20.3. The SMILES string of the molecule is O=C(Cc1ccccc1)Nc1cncc2c1CCN(Cc1ccccc1)C2. The number of benzene rings is 2. The Balaban J connectivity index is 1.43. The largest absolute Gasteiger partial charge is 0.324 e. The quantitative estimate of drug-likeness (QED) is 0.755. The second kappa shape index (κ2) is 8.14. The van der Waals surface area contributed by atoms with Crippen molar-refractivity contribution in [2.45, 2.75) is 25.9 Å². The minimum absolute atomic E-state index is 0.00288. The van der Waals surface area contributed by atoms with Gasteiger partial charge in [-0.25, -0.2) is 0 Å². The van der Waals surface area contributed by atoms with Gasteiger partial charge in [0.2, 0.25) is 5.91 Å². The summed E-state index contributed by atoms with van der Waals surface area (Å²) < 4.78 is 0. The first kappa shape index (κ1) is 17.4. The average molecular weight is 357 g/mol. The van der Waals surface area contributed by atoms with Crippen LogP contribution in [0.15, 0.2) is 73.1 Å². The van der Waals surface area contributed by atoms with E-state index in [1.807, 2.05) is 42.6 Å². The highest BCUT2D eigenvalue weighted by molar-refractivity contribution is 5.93. The monoisotopic (exact) mass is 357 g/mol. The van der Waals surface area contributed by atoms with Gasteiger partial charge >= 0.3 is 0 Å². The Labute approximate surface area is 159 Å². The number of amides is 1. The minimum Gasteiger partial charge on any atom is -0.324 e. The fraction of sp³-hybridized carbons (Fsp3) is 0.217. The Morgan fingerprint density at radius 1 is 0.963 bits per heavy atom. The van der Waals surface area contributed by atoms with Gasteiger partial charge in [-0.2, -0.15) is 0 Å². The van der Waals surface area contributed by atoms with Crippen LogP contribution in [0.3, 0.4) is 0 Å². The molecule has 1 aliphatic rings. The van der Waals surface area contributed by atoms with E-state index in [4.69, 9.17) is 0 Å². The number of carbonyl (C=O) groups excluding carboxylic acids is 1. The molecule has 0 aliphatic carbocycles. The molecule has 1 N–H and O–H groups in total. The van der Waals surface area contributed by atoms with Gasteiger partial charge in [0.15, 0.2) is 0 Å². The number of pyridine rings is 1. The fourth-order valence-corrected chi connectivity index (χ4v) is 3.61. The summed E-state index contributed by atoms with van der Waals surface area (Å²) in [5.41, 5.74) is 5.61. The molecule has 27 heavy (non-hydrogen) atoms. The summed E-state index contributed by atoms with van der Waals surface area (Å²) in [4.78, 5) is 19.2. The average Bonchev–Trinajstić information content (AvgIpc) is 2.69. The van der Waals surface area contributed by atoms with Crippen LogP contribution in [-0.2, 0) is 30.7 Å². The summed E-state index contributed by atoms with van der Waals surface area (Å²) in [5.74, 6) is 0.00288. The lowest BCUT2D eigenvalue weighted by molar-refractivity contribution is -0.115. The van der Waals surface area contributed by atoms with Crippen LogP contribution in [0.5, 0.6) is 0 Å². The third-order valence-corrected chi connectivity index (χ3v) is 4.95. The molecule has 1 aliphatic heterocycles. The van der Waals surface area contributed by atoms with Crippen LogP contribution in [0.4, 0.5) is 5.69 Å². The number of nitrogens with zero attached hydrogens (tertiary/aromatic N) is 2. The van der Waals surface area contributed by atoms with Gasteiger partial charge in [-0.05, 0) is 28.7 Å². The number of fused-ring (bicyclic) bond motifs is 1. The molecule has 0 bridgehead atoms. The third-order valence-electron chi connectivity index (χ3n) is 4.95. The summed E-state index contributed by atoms with van der Waals surface area (Å²) >= 11 is 0. The molecule has 3 aromatic rings. The van der Waals surface area contributed by atoms with Gasteiger partial charge < -0.3 is 5.32 Å². The fourth-order valence-electron chi connectivity index (χ4n) is 3.61. The van der Waals surface area contributed by atoms with Crippen molar-refractivity contribution in [2.75, 3.05) is 11.9 Å². The maximum absolute atomic E-state index is 12.4.